The molecular weight excluding hydrogens is 256 g/mol. The maximum absolute atomic E-state index is 10.6. The van der Waals surface area contributed by atoms with E-state index in [1.165, 1.54) is 12.1 Å². The van der Waals surface area contributed by atoms with E-state index in [1.807, 2.05) is 0 Å². The van der Waals surface area contributed by atoms with Crippen LogP contribution in [0.2, 0.25) is 5.02 Å². The van der Waals surface area contributed by atoms with Crippen LogP contribution in [0.3, 0.4) is 0 Å². The Kier molecular flexibility index (Phi) is 4.16. The lowest BCUT2D eigenvalue weighted by atomic mass is 10.2. The van der Waals surface area contributed by atoms with E-state index in [-0.39, 0.29) is 17.8 Å². The van der Waals surface area contributed by atoms with Crippen molar-refractivity contribution in [1.29, 1.82) is 0 Å². The summed E-state index contributed by atoms with van der Waals surface area (Å²) >= 11 is 5.98. The zero-order valence-electron chi connectivity index (χ0n) is 9.84. The van der Waals surface area contributed by atoms with Crippen LogP contribution in [0.25, 0.3) is 0 Å². The second-order valence-electron chi connectivity index (χ2n) is 4.48. The number of hydrogen-bond acceptors (Lipinski definition) is 4. The Hall–Kier alpha value is -1.17. The lowest BCUT2D eigenvalue weighted by Gasteiger charge is -2.16. The SMILES string of the molecule is NC1CCCC1OCc1ccc([N+](=O)[O-])cc1Cl. The van der Waals surface area contributed by atoms with E-state index < -0.39 is 4.92 Å². The predicted octanol–water partition coefficient (Wildman–Crippen LogP) is 2.64. The standard InChI is InChI=1S/C12H15ClN2O3/c13-10-6-9(15(16)17)5-4-8(10)7-18-12-3-1-2-11(12)14/h4-6,11-12H,1-3,7,14H2. The van der Waals surface area contributed by atoms with E-state index in [0.29, 0.717) is 11.6 Å². The molecule has 2 N–H and O–H groups in total. The minimum atomic E-state index is -0.469. The maximum atomic E-state index is 10.6. The van der Waals surface area contributed by atoms with E-state index in [0.717, 1.165) is 24.8 Å². The Morgan fingerprint density at radius 1 is 1.50 bits per heavy atom. The molecule has 0 bridgehead atoms. The van der Waals surface area contributed by atoms with Crippen molar-refractivity contribution in [2.24, 2.45) is 5.73 Å². The van der Waals surface area contributed by atoms with Gasteiger partial charge in [-0.05, 0) is 30.9 Å². The molecule has 2 atom stereocenters. The molecule has 0 aliphatic heterocycles. The molecule has 1 aliphatic carbocycles. The van der Waals surface area contributed by atoms with Gasteiger partial charge in [-0.3, -0.25) is 10.1 Å². The number of nitrogens with two attached hydrogens (primary N) is 1. The first-order chi connectivity index (χ1) is 8.58. The summed E-state index contributed by atoms with van der Waals surface area (Å²) in [7, 11) is 0. The van der Waals surface area contributed by atoms with Gasteiger partial charge in [0, 0.05) is 18.2 Å². The normalized spacial score (nSPS) is 23.2. The fourth-order valence-electron chi connectivity index (χ4n) is 2.13. The van der Waals surface area contributed by atoms with Gasteiger partial charge in [0.1, 0.15) is 0 Å². The van der Waals surface area contributed by atoms with Crippen LogP contribution in [-0.2, 0) is 11.3 Å². The van der Waals surface area contributed by atoms with Crippen molar-refractivity contribution in [3.63, 3.8) is 0 Å². The van der Waals surface area contributed by atoms with Gasteiger partial charge in [-0.1, -0.05) is 11.6 Å². The lowest BCUT2D eigenvalue weighted by Crippen LogP contribution is -2.31. The van der Waals surface area contributed by atoms with Gasteiger partial charge in [0.15, 0.2) is 0 Å². The van der Waals surface area contributed by atoms with Crippen molar-refractivity contribution >= 4 is 17.3 Å². The van der Waals surface area contributed by atoms with Crippen molar-refractivity contribution in [3.8, 4) is 0 Å². The van der Waals surface area contributed by atoms with Crippen LogP contribution >= 0.6 is 11.6 Å². The highest BCUT2D eigenvalue weighted by Crippen LogP contribution is 2.26. The number of nitro benzene ring substituents is 1. The summed E-state index contributed by atoms with van der Waals surface area (Å²) in [5.41, 5.74) is 6.64. The molecule has 0 radical (unpaired) electrons. The number of nitro groups is 1. The van der Waals surface area contributed by atoms with Crippen LogP contribution in [-0.4, -0.2) is 17.1 Å². The molecule has 2 rings (SSSR count). The quantitative estimate of drug-likeness (QED) is 0.674. The highest BCUT2D eigenvalue weighted by molar-refractivity contribution is 6.31. The Balaban J connectivity index is 1.99. The number of halogens is 1. The summed E-state index contributed by atoms with van der Waals surface area (Å²) in [6.45, 7) is 0.342. The lowest BCUT2D eigenvalue weighted by molar-refractivity contribution is -0.384. The smallest absolute Gasteiger partial charge is 0.270 e. The van der Waals surface area contributed by atoms with Gasteiger partial charge in [-0.15, -0.1) is 0 Å². The molecule has 18 heavy (non-hydrogen) atoms. The Labute approximate surface area is 110 Å². The number of benzene rings is 1. The number of ether oxygens (including phenoxy) is 1. The average Bonchev–Trinajstić information content (AvgIpc) is 2.73. The van der Waals surface area contributed by atoms with Gasteiger partial charge in [0.05, 0.1) is 22.7 Å². The van der Waals surface area contributed by atoms with Gasteiger partial charge in [-0.25, -0.2) is 0 Å². The van der Waals surface area contributed by atoms with Gasteiger partial charge >= 0.3 is 0 Å². The first-order valence-corrected chi connectivity index (χ1v) is 6.25. The van der Waals surface area contributed by atoms with Crippen LogP contribution < -0.4 is 5.73 Å². The molecule has 6 heteroatoms. The first kappa shape index (κ1) is 13.3. The van der Waals surface area contributed by atoms with E-state index in [9.17, 15) is 10.1 Å². The molecule has 0 heterocycles. The van der Waals surface area contributed by atoms with Crippen LogP contribution in [0.4, 0.5) is 5.69 Å². The van der Waals surface area contributed by atoms with E-state index in [4.69, 9.17) is 22.1 Å². The van der Waals surface area contributed by atoms with Gasteiger partial charge in [0.25, 0.3) is 5.69 Å². The summed E-state index contributed by atoms with van der Waals surface area (Å²) in [6, 6.07) is 4.48. The van der Waals surface area contributed by atoms with Gasteiger partial charge in [0.2, 0.25) is 0 Å². The number of nitrogens with zero attached hydrogens (tertiary/aromatic N) is 1. The zero-order chi connectivity index (χ0) is 13.1. The average molecular weight is 271 g/mol. The monoisotopic (exact) mass is 270 g/mol. The molecule has 1 aromatic carbocycles. The van der Waals surface area contributed by atoms with Gasteiger partial charge < -0.3 is 10.5 Å². The third-order valence-corrected chi connectivity index (χ3v) is 3.56. The largest absolute Gasteiger partial charge is 0.372 e. The fraction of sp³-hybridized carbons (Fsp3) is 0.500. The highest BCUT2D eigenvalue weighted by Gasteiger charge is 2.24. The molecule has 98 valence electrons. The van der Waals surface area contributed by atoms with Crippen LogP contribution in [0.5, 0.6) is 0 Å². The summed E-state index contributed by atoms with van der Waals surface area (Å²) in [4.78, 5) is 10.1. The minimum Gasteiger partial charge on any atom is -0.372 e. The van der Waals surface area contributed by atoms with E-state index >= 15 is 0 Å². The molecule has 0 saturated heterocycles. The van der Waals surface area contributed by atoms with E-state index in [2.05, 4.69) is 0 Å². The summed E-state index contributed by atoms with van der Waals surface area (Å²) < 4.78 is 5.70. The molecule has 1 saturated carbocycles. The fourth-order valence-corrected chi connectivity index (χ4v) is 2.35. The van der Waals surface area contributed by atoms with Crippen molar-refractivity contribution in [1.82, 2.24) is 0 Å². The molecule has 0 aromatic heterocycles. The molecule has 1 aliphatic rings. The summed E-state index contributed by atoms with van der Waals surface area (Å²) in [5, 5.41) is 10.9. The van der Waals surface area contributed by atoms with Crippen molar-refractivity contribution in [2.45, 2.75) is 38.0 Å². The molecule has 1 aromatic rings. The molecule has 2 unspecified atom stereocenters. The second kappa shape index (κ2) is 5.65. The van der Waals surface area contributed by atoms with Gasteiger partial charge in [-0.2, -0.15) is 0 Å². The van der Waals surface area contributed by atoms with Crippen LogP contribution in [0.15, 0.2) is 18.2 Å². The van der Waals surface area contributed by atoms with Crippen molar-refractivity contribution in [3.05, 3.63) is 38.9 Å². The number of hydrogen-bond donors (Lipinski definition) is 1. The zero-order valence-corrected chi connectivity index (χ0v) is 10.6. The van der Waals surface area contributed by atoms with E-state index in [1.54, 1.807) is 6.07 Å². The van der Waals surface area contributed by atoms with Crippen LogP contribution in [0.1, 0.15) is 24.8 Å². The Morgan fingerprint density at radius 3 is 2.83 bits per heavy atom. The molecule has 5 nitrogen and oxygen atoms in total. The highest BCUT2D eigenvalue weighted by atomic mass is 35.5. The molecular formula is C12H15ClN2O3. The Morgan fingerprint density at radius 2 is 2.28 bits per heavy atom. The second-order valence-corrected chi connectivity index (χ2v) is 4.88. The topological polar surface area (TPSA) is 78.4 Å². The minimum absolute atomic E-state index is 0.0127. The number of rotatable bonds is 4. The maximum Gasteiger partial charge on any atom is 0.270 e. The molecule has 0 spiro atoms. The third-order valence-electron chi connectivity index (χ3n) is 3.20. The summed E-state index contributed by atoms with van der Waals surface area (Å²) in [5.74, 6) is 0. The Bertz CT molecular complexity index is 453. The molecule has 0 amide bonds. The predicted molar refractivity (Wildman–Crippen MR) is 68.5 cm³/mol. The summed E-state index contributed by atoms with van der Waals surface area (Å²) in [6.07, 6.45) is 3.10. The first-order valence-electron chi connectivity index (χ1n) is 5.88. The number of non-ortho nitro benzene ring substituents is 1. The molecule has 1 fully saturated rings. The van der Waals surface area contributed by atoms with Crippen molar-refractivity contribution in [2.75, 3.05) is 0 Å². The third kappa shape index (κ3) is 2.98. The van der Waals surface area contributed by atoms with Crippen molar-refractivity contribution < 1.29 is 9.66 Å². The van der Waals surface area contributed by atoms with Crippen LogP contribution in [0, 0.1) is 10.1 Å².